The molecule has 1 heterocycles. The summed E-state index contributed by atoms with van der Waals surface area (Å²) in [4.78, 5) is 17.7. The standard InChI is InChI=1S/C11H13F3N2O3/c1-3-7(19-4-2)9-15-5-6(10(17)18)8(16-9)11(12,13)14/h5,7H,3-4H2,1-2H3,(H,17,18). The summed E-state index contributed by atoms with van der Waals surface area (Å²) in [7, 11) is 0. The molecule has 5 nitrogen and oxygen atoms in total. The number of ether oxygens (including phenoxy) is 1. The van der Waals surface area contributed by atoms with E-state index in [-0.39, 0.29) is 5.82 Å². The number of hydrogen-bond acceptors (Lipinski definition) is 4. The van der Waals surface area contributed by atoms with Gasteiger partial charge in [0.15, 0.2) is 11.5 Å². The van der Waals surface area contributed by atoms with Gasteiger partial charge in [0.25, 0.3) is 0 Å². The molecule has 0 aromatic carbocycles. The van der Waals surface area contributed by atoms with Crippen LogP contribution in [0, 0.1) is 0 Å². The van der Waals surface area contributed by atoms with Crippen LogP contribution >= 0.6 is 0 Å². The second-order valence-electron chi connectivity index (χ2n) is 3.65. The highest BCUT2D eigenvalue weighted by atomic mass is 19.4. The van der Waals surface area contributed by atoms with E-state index in [0.717, 1.165) is 0 Å². The van der Waals surface area contributed by atoms with Crippen molar-refractivity contribution in [3.05, 3.63) is 23.3 Å². The molecule has 0 spiro atoms. The van der Waals surface area contributed by atoms with Gasteiger partial charge in [-0.2, -0.15) is 13.2 Å². The topological polar surface area (TPSA) is 72.3 Å². The number of alkyl halides is 3. The Hall–Kier alpha value is -1.70. The van der Waals surface area contributed by atoms with Crippen molar-refractivity contribution in [3.63, 3.8) is 0 Å². The van der Waals surface area contributed by atoms with Crippen LogP contribution in [0.25, 0.3) is 0 Å². The highest BCUT2D eigenvalue weighted by Gasteiger charge is 2.38. The van der Waals surface area contributed by atoms with Crippen LogP contribution in [-0.2, 0) is 10.9 Å². The van der Waals surface area contributed by atoms with Crippen LogP contribution in [0.5, 0.6) is 0 Å². The van der Waals surface area contributed by atoms with Crippen LogP contribution in [0.15, 0.2) is 6.20 Å². The Labute approximate surface area is 107 Å². The lowest BCUT2D eigenvalue weighted by atomic mass is 10.2. The fourth-order valence-electron chi connectivity index (χ4n) is 1.50. The monoisotopic (exact) mass is 278 g/mol. The average Bonchev–Trinajstić information content (AvgIpc) is 2.34. The van der Waals surface area contributed by atoms with Crippen molar-refractivity contribution >= 4 is 5.97 Å². The van der Waals surface area contributed by atoms with Gasteiger partial charge in [-0.25, -0.2) is 14.8 Å². The second kappa shape index (κ2) is 5.96. The zero-order chi connectivity index (χ0) is 14.6. The number of nitrogens with zero attached hydrogens (tertiary/aromatic N) is 2. The van der Waals surface area contributed by atoms with Crippen molar-refractivity contribution in [2.75, 3.05) is 6.61 Å². The summed E-state index contributed by atoms with van der Waals surface area (Å²) in [5.41, 5.74) is -2.43. The smallest absolute Gasteiger partial charge is 0.434 e. The molecule has 0 aliphatic carbocycles. The van der Waals surface area contributed by atoms with Crippen molar-refractivity contribution < 1.29 is 27.8 Å². The minimum atomic E-state index is -4.85. The number of rotatable bonds is 5. The quantitative estimate of drug-likeness (QED) is 0.896. The molecular formula is C11H13F3N2O3. The SMILES string of the molecule is CCOC(CC)c1ncc(C(=O)O)c(C(F)(F)F)n1. The van der Waals surface area contributed by atoms with Crippen molar-refractivity contribution in [3.8, 4) is 0 Å². The fraction of sp³-hybridized carbons (Fsp3) is 0.545. The van der Waals surface area contributed by atoms with Gasteiger partial charge in [0.05, 0.1) is 0 Å². The van der Waals surface area contributed by atoms with Gasteiger partial charge in [-0.1, -0.05) is 6.92 Å². The highest BCUT2D eigenvalue weighted by molar-refractivity contribution is 5.88. The molecule has 0 amide bonds. The zero-order valence-electron chi connectivity index (χ0n) is 10.4. The molecule has 1 aromatic heterocycles. The second-order valence-corrected chi connectivity index (χ2v) is 3.65. The lowest BCUT2D eigenvalue weighted by Crippen LogP contribution is -2.19. The van der Waals surface area contributed by atoms with E-state index in [1.165, 1.54) is 0 Å². The number of carbonyl (C=O) groups is 1. The van der Waals surface area contributed by atoms with Gasteiger partial charge < -0.3 is 9.84 Å². The average molecular weight is 278 g/mol. The molecule has 0 saturated carbocycles. The molecule has 8 heteroatoms. The molecule has 0 radical (unpaired) electrons. The normalized spacial score (nSPS) is 13.3. The number of aromatic carboxylic acids is 1. The first-order valence-corrected chi connectivity index (χ1v) is 5.60. The number of halogens is 3. The van der Waals surface area contributed by atoms with Crippen LogP contribution in [0.1, 0.15) is 48.2 Å². The molecule has 0 aliphatic rings. The van der Waals surface area contributed by atoms with Crippen LogP contribution in [-0.4, -0.2) is 27.7 Å². The van der Waals surface area contributed by atoms with E-state index in [0.29, 0.717) is 19.2 Å². The maximum atomic E-state index is 12.7. The Morgan fingerprint density at radius 1 is 1.47 bits per heavy atom. The zero-order valence-corrected chi connectivity index (χ0v) is 10.4. The van der Waals surface area contributed by atoms with E-state index >= 15 is 0 Å². The van der Waals surface area contributed by atoms with E-state index in [2.05, 4.69) is 9.97 Å². The minimum absolute atomic E-state index is 0.165. The van der Waals surface area contributed by atoms with E-state index in [1.54, 1.807) is 13.8 Å². The molecule has 1 rings (SSSR count). The highest BCUT2D eigenvalue weighted by Crippen LogP contribution is 2.31. The summed E-state index contributed by atoms with van der Waals surface area (Å²) in [5, 5.41) is 8.71. The number of hydrogen-bond donors (Lipinski definition) is 1. The Morgan fingerprint density at radius 3 is 2.53 bits per heavy atom. The van der Waals surface area contributed by atoms with Crippen molar-refractivity contribution in [2.24, 2.45) is 0 Å². The maximum Gasteiger partial charge on any atom is 0.434 e. The van der Waals surface area contributed by atoms with Crippen LogP contribution in [0.2, 0.25) is 0 Å². The lowest BCUT2D eigenvalue weighted by Gasteiger charge is -2.16. The van der Waals surface area contributed by atoms with Gasteiger partial charge in [0.2, 0.25) is 0 Å². The van der Waals surface area contributed by atoms with Crippen molar-refractivity contribution in [1.82, 2.24) is 9.97 Å². The van der Waals surface area contributed by atoms with Crippen molar-refractivity contribution in [2.45, 2.75) is 32.5 Å². The van der Waals surface area contributed by atoms with E-state index in [4.69, 9.17) is 9.84 Å². The van der Waals surface area contributed by atoms with E-state index < -0.39 is 29.5 Å². The van der Waals surface area contributed by atoms with Gasteiger partial charge in [-0.05, 0) is 13.3 Å². The molecule has 1 atom stereocenters. The Bertz CT molecular complexity index is 463. The van der Waals surface area contributed by atoms with Gasteiger partial charge in [-0.15, -0.1) is 0 Å². The molecule has 106 valence electrons. The third-order valence-corrected chi connectivity index (χ3v) is 2.33. The molecular weight excluding hydrogens is 265 g/mol. The Morgan fingerprint density at radius 2 is 2.11 bits per heavy atom. The first kappa shape index (κ1) is 15.4. The summed E-state index contributed by atoms with van der Waals surface area (Å²) in [6.45, 7) is 3.70. The van der Waals surface area contributed by atoms with Gasteiger partial charge in [-0.3, -0.25) is 0 Å². The third-order valence-electron chi connectivity index (χ3n) is 2.33. The summed E-state index contributed by atoms with van der Waals surface area (Å²) < 4.78 is 43.4. The molecule has 0 aliphatic heterocycles. The summed E-state index contributed by atoms with van der Waals surface area (Å²) in [6, 6.07) is 0. The third kappa shape index (κ3) is 3.63. The molecule has 1 aromatic rings. The summed E-state index contributed by atoms with van der Waals surface area (Å²) in [5.74, 6) is -1.88. The molecule has 1 N–H and O–H groups in total. The largest absolute Gasteiger partial charge is 0.478 e. The molecule has 0 saturated heterocycles. The maximum absolute atomic E-state index is 12.7. The first-order valence-electron chi connectivity index (χ1n) is 5.60. The van der Waals surface area contributed by atoms with Gasteiger partial charge >= 0.3 is 12.1 Å². The number of aromatic nitrogens is 2. The summed E-state index contributed by atoms with van der Waals surface area (Å²) in [6.07, 6.45) is -4.49. The molecule has 0 bridgehead atoms. The fourth-order valence-corrected chi connectivity index (χ4v) is 1.50. The number of carboxylic acids is 1. The van der Waals surface area contributed by atoms with E-state index in [1.807, 2.05) is 0 Å². The first-order chi connectivity index (χ1) is 8.81. The van der Waals surface area contributed by atoms with Crippen LogP contribution in [0.3, 0.4) is 0 Å². The van der Waals surface area contributed by atoms with Gasteiger partial charge in [0, 0.05) is 12.8 Å². The molecule has 19 heavy (non-hydrogen) atoms. The molecule has 0 fully saturated rings. The predicted octanol–water partition coefficient (Wildman–Crippen LogP) is 2.68. The lowest BCUT2D eigenvalue weighted by molar-refractivity contribution is -0.142. The molecule has 1 unspecified atom stereocenters. The number of carboxylic acid groups (broad SMARTS) is 1. The Balaban J connectivity index is 3.29. The van der Waals surface area contributed by atoms with Gasteiger partial charge in [0.1, 0.15) is 11.7 Å². The van der Waals surface area contributed by atoms with Crippen LogP contribution < -0.4 is 0 Å². The Kier molecular flexibility index (Phi) is 4.82. The van der Waals surface area contributed by atoms with Crippen molar-refractivity contribution in [1.29, 1.82) is 0 Å². The minimum Gasteiger partial charge on any atom is -0.478 e. The van der Waals surface area contributed by atoms with E-state index in [9.17, 15) is 18.0 Å². The summed E-state index contributed by atoms with van der Waals surface area (Å²) >= 11 is 0. The predicted molar refractivity (Wildman–Crippen MR) is 58.7 cm³/mol. The van der Waals surface area contributed by atoms with Crippen LogP contribution in [0.4, 0.5) is 13.2 Å².